The standard InChI is InChI=1S/C26H23BrN4O3S/c1-16-4-10-20(11-5-16)29-26-30-22(15-35-26)17-6-8-18(9-7-17)25(32)31-28-14-19-12-23(33-2)24(34-3)13-21(19)27/h4-15H,1-3H3,(H,29,30)(H,31,32)/b28-14-. The van der Waals surface area contributed by atoms with Crippen LogP contribution in [0.2, 0.25) is 0 Å². The van der Waals surface area contributed by atoms with Crippen molar-refractivity contribution < 1.29 is 14.3 Å². The lowest BCUT2D eigenvalue weighted by molar-refractivity contribution is 0.0955. The first-order chi connectivity index (χ1) is 17.0. The smallest absolute Gasteiger partial charge is 0.271 e. The van der Waals surface area contributed by atoms with Crippen LogP contribution < -0.4 is 20.2 Å². The number of thiazole rings is 1. The maximum Gasteiger partial charge on any atom is 0.271 e. The highest BCUT2D eigenvalue weighted by Crippen LogP contribution is 2.32. The number of nitrogens with one attached hydrogen (secondary N) is 2. The zero-order chi connectivity index (χ0) is 24.8. The fraction of sp³-hybridized carbons (Fsp3) is 0.115. The second kappa shape index (κ2) is 11.2. The summed E-state index contributed by atoms with van der Waals surface area (Å²) in [4.78, 5) is 17.2. The molecule has 1 aromatic heterocycles. The monoisotopic (exact) mass is 550 g/mol. The van der Waals surface area contributed by atoms with Gasteiger partial charge in [-0.25, -0.2) is 10.4 Å². The highest BCUT2D eigenvalue weighted by Gasteiger charge is 2.10. The minimum Gasteiger partial charge on any atom is -0.493 e. The highest BCUT2D eigenvalue weighted by molar-refractivity contribution is 9.10. The van der Waals surface area contributed by atoms with E-state index in [1.54, 1.807) is 38.5 Å². The van der Waals surface area contributed by atoms with Crippen molar-refractivity contribution in [1.82, 2.24) is 10.4 Å². The van der Waals surface area contributed by atoms with Gasteiger partial charge in [-0.2, -0.15) is 5.10 Å². The first-order valence-corrected chi connectivity index (χ1v) is 12.3. The van der Waals surface area contributed by atoms with Crippen LogP contribution in [0.4, 0.5) is 10.8 Å². The maximum atomic E-state index is 12.5. The molecule has 1 heterocycles. The fourth-order valence-electron chi connectivity index (χ4n) is 3.21. The number of amides is 1. The van der Waals surface area contributed by atoms with Gasteiger partial charge in [-0.3, -0.25) is 4.79 Å². The molecule has 7 nitrogen and oxygen atoms in total. The molecule has 0 spiro atoms. The van der Waals surface area contributed by atoms with Gasteiger partial charge in [0.1, 0.15) is 0 Å². The summed E-state index contributed by atoms with van der Waals surface area (Å²) in [6, 6.07) is 18.9. The van der Waals surface area contributed by atoms with E-state index in [9.17, 15) is 4.79 Å². The second-order valence-electron chi connectivity index (χ2n) is 7.53. The van der Waals surface area contributed by atoms with Crippen LogP contribution in [0.3, 0.4) is 0 Å². The van der Waals surface area contributed by atoms with Gasteiger partial charge in [0, 0.05) is 32.2 Å². The van der Waals surface area contributed by atoms with Crippen molar-refractivity contribution >= 4 is 50.2 Å². The van der Waals surface area contributed by atoms with Gasteiger partial charge >= 0.3 is 0 Å². The second-order valence-corrected chi connectivity index (χ2v) is 9.25. The Bertz CT molecular complexity index is 1350. The minimum absolute atomic E-state index is 0.315. The quantitative estimate of drug-likeness (QED) is 0.195. The number of hydrogen-bond acceptors (Lipinski definition) is 7. The van der Waals surface area contributed by atoms with E-state index in [0.29, 0.717) is 17.1 Å². The summed E-state index contributed by atoms with van der Waals surface area (Å²) in [6.45, 7) is 2.05. The van der Waals surface area contributed by atoms with Crippen molar-refractivity contribution in [2.75, 3.05) is 19.5 Å². The number of methoxy groups -OCH3 is 2. The van der Waals surface area contributed by atoms with Gasteiger partial charge in [0.2, 0.25) is 0 Å². The number of hydrazone groups is 1. The molecule has 4 aromatic rings. The van der Waals surface area contributed by atoms with Gasteiger partial charge in [0.05, 0.1) is 26.1 Å². The number of ether oxygens (including phenoxy) is 2. The van der Waals surface area contributed by atoms with Crippen LogP contribution in [0.25, 0.3) is 11.3 Å². The fourth-order valence-corrected chi connectivity index (χ4v) is 4.37. The number of nitrogens with zero attached hydrogens (tertiary/aromatic N) is 2. The van der Waals surface area contributed by atoms with Crippen LogP contribution >= 0.6 is 27.3 Å². The molecule has 35 heavy (non-hydrogen) atoms. The zero-order valence-electron chi connectivity index (χ0n) is 19.3. The number of anilines is 2. The van der Waals surface area contributed by atoms with Crippen LogP contribution in [0.1, 0.15) is 21.5 Å². The summed E-state index contributed by atoms with van der Waals surface area (Å²) in [6.07, 6.45) is 1.54. The number of hydrogen-bond donors (Lipinski definition) is 2. The molecule has 1 amide bonds. The maximum absolute atomic E-state index is 12.5. The molecule has 0 bridgehead atoms. The number of carbonyl (C=O) groups excluding carboxylic acids is 1. The first kappa shape index (κ1) is 24.4. The Hall–Kier alpha value is -3.69. The van der Waals surface area contributed by atoms with Crippen molar-refractivity contribution in [3.63, 3.8) is 0 Å². The summed E-state index contributed by atoms with van der Waals surface area (Å²) in [5, 5.41) is 10.2. The predicted octanol–water partition coefficient (Wildman–Crippen LogP) is 6.41. The Morgan fingerprint density at radius 2 is 1.71 bits per heavy atom. The van der Waals surface area contributed by atoms with E-state index in [2.05, 4.69) is 55.8 Å². The van der Waals surface area contributed by atoms with Crippen molar-refractivity contribution in [1.29, 1.82) is 0 Å². The molecule has 0 unspecified atom stereocenters. The molecule has 0 saturated heterocycles. The third-order valence-electron chi connectivity index (χ3n) is 5.12. The number of carbonyl (C=O) groups is 1. The number of aryl methyl sites for hydroxylation is 1. The Morgan fingerprint density at radius 3 is 2.40 bits per heavy atom. The van der Waals surface area contributed by atoms with Crippen LogP contribution in [-0.2, 0) is 0 Å². The minimum atomic E-state index is -0.315. The molecule has 0 fully saturated rings. The van der Waals surface area contributed by atoms with E-state index in [0.717, 1.165) is 32.1 Å². The summed E-state index contributed by atoms with van der Waals surface area (Å²) in [5.74, 6) is 0.849. The van der Waals surface area contributed by atoms with E-state index in [1.165, 1.54) is 23.1 Å². The molecule has 178 valence electrons. The van der Waals surface area contributed by atoms with E-state index >= 15 is 0 Å². The van der Waals surface area contributed by atoms with Gasteiger partial charge in [-0.15, -0.1) is 11.3 Å². The topological polar surface area (TPSA) is 84.8 Å². The first-order valence-electron chi connectivity index (χ1n) is 10.6. The summed E-state index contributed by atoms with van der Waals surface area (Å²) >= 11 is 5.00. The van der Waals surface area contributed by atoms with E-state index < -0.39 is 0 Å². The van der Waals surface area contributed by atoms with Crippen LogP contribution in [0, 0.1) is 6.92 Å². The Kier molecular flexibility index (Phi) is 7.79. The molecular weight excluding hydrogens is 528 g/mol. The molecule has 2 N–H and O–H groups in total. The Balaban J connectivity index is 1.39. The largest absolute Gasteiger partial charge is 0.493 e. The number of benzene rings is 3. The normalized spacial score (nSPS) is 10.9. The average molecular weight is 551 g/mol. The van der Waals surface area contributed by atoms with Gasteiger partial charge in [0.25, 0.3) is 5.91 Å². The van der Waals surface area contributed by atoms with Crippen LogP contribution in [0.5, 0.6) is 11.5 Å². The molecule has 0 radical (unpaired) electrons. The molecule has 0 aliphatic carbocycles. The number of aromatic nitrogens is 1. The molecule has 4 rings (SSSR count). The molecular formula is C26H23BrN4O3S. The molecule has 0 aliphatic rings. The van der Waals surface area contributed by atoms with Crippen molar-refractivity contribution in [2.45, 2.75) is 6.92 Å². The van der Waals surface area contributed by atoms with Crippen molar-refractivity contribution in [2.24, 2.45) is 5.10 Å². The molecule has 0 aliphatic heterocycles. The highest BCUT2D eigenvalue weighted by atomic mass is 79.9. The van der Waals surface area contributed by atoms with Gasteiger partial charge in [-0.05, 0) is 59.3 Å². The Morgan fingerprint density at radius 1 is 1.03 bits per heavy atom. The SMILES string of the molecule is COc1cc(Br)c(/C=N\NC(=O)c2ccc(-c3csc(Nc4ccc(C)cc4)n3)cc2)cc1OC. The third kappa shape index (κ3) is 6.06. The predicted molar refractivity (Wildman–Crippen MR) is 144 cm³/mol. The average Bonchev–Trinajstić information content (AvgIpc) is 3.34. The number of halogens is 1. The lowest BCUT2D eigenvalue weighted by Gasteiger charge is -2.09. The van der Waals surface area contributed by atoms with Crippen molar-refractivity contribution in [3.8, 4) is 22.8 Å². The van der Waals surface area contributed by atoms with E-state index in [4.69, 9.17) is 9.47 Å². The summed E-state index contributed by atoms with van der Waals surface area (Å²) < 4.78 is 11.3. The number of rotatable bonds is 8. The molecule has 0 saturated carbocycles. The summed E-state index contributed by atoms with van der Waals surface area (Å²) in [7, 11) is 3.13. The lowest BCUT2D eigenvalue weighted by atomic mass is 10.1. The molecule has 9 heteroatoms. The summed E-state index contributed by atoms with van der Waals surface area (Å²) in [5.41, 5.74) is 7.74. The van der Waals surface area contributed by atoms with Crippen LogP contribution in [-0.4, -0.2) is 31.3 Å². The molecule has 0 atom stereocenters. The van der Waals surface area contributed by atoms with Gasteiger partial charge in [-0.1, -0.05) is 29.8 Å². The van der Waals surface area contributed by atoms with Crippen LogP contribution in [0.15, 0.2) is 75.6 Å². The van der Waals surface area contributed by atoms with Gasteiger partial charge in [0.15, 0.2) is 16.6 Å². The van der Waals surface area contributed by atoms with E-state index in [1.807, 2.05) is 29.6 Å². The van der Waals surface area contributed by atoms with Crippen molar-refractivity contribution in [3.05, 3.63) is 87.2 Å². The zero-order valence-corrected chi connectivity index (χ0v) is 21.7. The van der Waals surface area contributed by atoms with Gasteiger partial charge < -0.3 is 14.8 Å². The van der Waals surface area contributed by atoms with E-state index in [-0.39, 0.29) is 5.91 Å². The Labute approximate surface area is 216 Å². The third-order valence-corrected chi connectivity index (χ3v) is 6.57. The lowest BCUT2D eigenvalue weighted by Crippen LogP contribution is -2.17. The molecule has 3 aromatic carbocycles.